The lowest BCUT2D eigenvalue weighted by molar-refractivity contribution is -0.149. The summed E-state index contributed by atoms with van der Waals surface area (Å²) in [5.41, 5.74) is 0. The molecule has 18 heavy (non-hydrogen) atoms. The van der Waals surface area contributed by atoms with Crippen molar-refractivity contribution in [2.45, 2.75) is 44.8 Å². The Hall–Kier alpha value is -1.14. The van der Waals surface area contributed by atoms with Gasteiger partial charge in [-0.1, -0.05) is 6.92 Å². The molecule has 0 bridgehead atoms. The van der Waals surface area contributed by atoms with Gasteiger partial charge in [0.1, 0.15) is 0 Å². The number of carbonyl (C=O) groups is 2. The summed E-state index contributed by atoms with van der Waals surface area (Å²) in [6, 6.07) is 0. The van der Waals surface area contributed by atoms with Crippen LogP contribution in [0.1, 0.15) is 32.6 Å². The zero-order valence-electron chi connectivity index (χ0n) is 10.7. The van der Waals surface area contributed by atoms with Crippen LogP contribution in [-0.4, -0.2) is 48.9 Å². The smallest absolute Gasteiger partial charge is 0.332 e. The van der Waals surface area contributed by atoms with Gasteiger partial charge < -0.3 is 19.9 Å². The molecule has 104 valence electrons. The van der Waals surface area contributed by atoms with Crippen molar-refractivity contribution >= 4 is 11.9 Å². The Labute approximate surface area is 107 Å². The van der Waals surface area contributed by atoms with Gasteiger partial charge in [0.15, 0.2) is 6.10 Å². The number of carbonyl (C=O) groups excluding carboxylic acids is 1. The molecule has 2 atom stereocenters. The molecule has 1 rings (SSSR count). The van der Waals surface area contributed by atoms with Gasteiger partial charge in [-0.2, -0.15) is 0 Å². The van der Waals surface area contributed by atoms with Gasteiger partial charge in [0.05, 0.1) is 12.7 Å². The molecule has 0 spiro atoms. The third-order valence-electron chi connectivity index (χ3n) is 2.73. The minimum Gasteiger partial charge on any atom is -0.479 e. The molecule has 0 radical (unpaired) electrons. The van der Waals surface area contributed by atoms with Gasteiger partial charge in [0.2, 0.25) is 5.91 Å². The Kier molecular flexibility index (Phi) is 6.67. The maximum absolute atomic E-state index is 11.4. The number of aliphatic carboxylic acids is 1. The predicted molar refractivity (Wildman–Crippen MR) is 64.3 cm³/mol. The molecule has 0 saturated carbocycles. The molecule has 0 aliphatic carbocycles. The first-order chi connectivity index (χ1) is 8.63. The van der Waals surface area contributed by atoms with Crippen LogP contribution in [0.25, 0.3) is 0 Å². The van der Waals surface area contributed by atoms with Crippen molar-refractivity contribution in [2.75, 3.05) is 19.8 Å². The second kappa shape index (κ2) is 8.05. The molecule has 2 unspecified atom stereocenters. The van der Waals surface area contributed by atoms with Crippen LogP contribution in [0.15, 0.2) is 0 Å². The van der Waals surface area contributed by atoms with E-state index < -0.39 is 12.1 Å². The van der Waals surface area contributed by atoms with Gasteiger partial charge >= 0.3 is 5.97 Å². The first-order valence-electron chi connectivity index (χ1n) is 6.36. The van der Waals surface area contributed by atoms with E-state index in [1.807, 2.05) is 6.92 Å². The highest BCUT2D eigenvalue weighted by molar-refractivity contribution is 5.76. The molecule has 1 aliphatic heterocycles. The molecular weight excluding hydrogens is 238 g/mol. The quantitative estimate of drug-likeness (QED) is 0.622. The number of hydrogen-bond donors (Lipinski definition) is 2. The standard InChI is InChI=1S/C12H21NO5/c1-2-6-17-7-5-11(14)13-8-9-3-4-10(18-9)12(15)16/h9-10H,2-8H2,1H3,(H,13,14)(H,15,16). The molecule has 6 heteroatoms. The van der Waals surface area contributed by atoms with Crippen molar-refractivity contribution < 1.29 is 24.2 Å². The molecule has 6 nitrogen and oxygen atoms in total. The van der Waals surface area contributed by atoms with Crippen LogP contribution in [0.4, 0.5) is 0 Å². The Bertz CT molecular complexity index is 282. The average Bonchev–Trinajstić information content (AvgIpc) is 2.81. The minimum absolute atomic E-state index is 0.0894. The Morgan fingerprint density at radius 2 is 2.17 bits per heavy atom. The van der Waals surface area contributed by atoms with Crippen LogP contribution < -0.4 is 5.32 Å². The normalized spacial score (nSPS) is 22.9. The van der Waals surface area contributed by atoms with E-state index in [1.54, 1.807) is 0 Å². The Morgan fingerprint density at radius 1 is 1.39 bits per heavy atom. The molecular formula is C12H21NO5. The summed E-state index contributed by atoms with van der Waals surface area (Å²) in [7, 11) is 0. The Morgan fingerprint density at radius 3 is 2.78 bits per heavy atom. The van der Waals surface area contributed by atoms with Crippen molar-refractivity contribution in [2.24, 2.45) is 0 Å². The van der Waals surface area contributed by atoms with Crippen LogP contribution in [-0.2, 0) is 19.1 Å². The number of nitrogens with one attached hydrogen (secondary N) is 1. The number of ether oxygens (including phenoxy) is 2. The Balaban J connectivity index is 2.07. The van der Waals surface area contributed by atoms with Gasteiger partial charge in [-0.25, -0.2) is 4.79 Å². The minimum atomic E-state index is -0.934. The van der Waals surface area contributed by atoms with Crippen molar-refractivity contribution in [3.05, 3.63) is 0 Å². The first-order valence-corrected chi connectivity index (χ1v) is 6.36. The number of rotatable bonds is 8. The number of carboxylic acids is 1. The van der Waals surface area contributed by atoms with E-state index in [2.05, 4.69) is 5.32 Å². The summed E-state index contributed by atoms with van der Waals surface area (Å²) < 4.78 is 10.5. The molecule has 0 aromatic heterocycles. The van der Waals surface area contributed by atoms with E-state index in [-0.39, 0.29) is 12.0 Å². The molecule has 2 N–H and O–H groups in total. The van der Waals surface area contributed by atoms with Crippen molar-refractivity contribution in [3.63, 3.8) is 0 Å². The van der Waals surface area contributed by atoms with Gasteiger partial charge in [-0.15, -0.1) is 0 Å². The van der Waals surface area contributed by atoms with E-state index in [1.165, 1.54) is 0 Å². The van der Waals surface area contributed by atoms with Gasteiger partial charge in [-0.05, 0) is 19.3 Å². The molecule has 1 saturated heterocycles. The van der Waals surface area contributed by atoms with Gasteiger partial charge in [-0.3, -0.25) is 4.79 Å². The average molecular weight is 259 g/mol. The highest BCUT2D eigenvalue weighted by Crippen LogP contribution is 2.19. The topological polar surface area (TPSA) is 84.9 Å². The first kappa shape index (κ1) is 14.9. The van der Waals surface area contributed by atoms with Crippen molar-refractivity contribution in [1.82, 2.24) is 5.32 Å². The van der Waals surface area contributed by atoms with Crippen molar-refractivity contribution in [1.29, 1.82) is 0 Å². The second-order valence-corrected chi connectivity index (χ2v) is 4.33. The number of carboxylic acid groups (broad SMARTS) is 1. The van der Waals surface area contributed by atoms with Gasteiger partial charge in [0, 0.05) is 19.6 Å². The largest absolute Gasteiger partial charge is 0.479 e. The summed E-state index contributed by atoms with van der Waals surface area (Å²) in [4.78, 5) is 22.1. The fourth-order valence-electron chi connectivity index (χ4n) is 1.76. The monoisotopic (exact) mass is 259 g/mol. The number of amides is 1. The molecule has 1 heterocycles. The fourth-order valence-corrected chi connectivity index (χ4v) is 1.76. The molecule has 1 fully saturated rings. The lowest BCUT2D eigenvalue weighted by Gasteiger charge is -2.12. The van der Waals surface area contributed by atoms with Crippen LogP contribution in [0, 0.1) is 0 Å². The zero-order valence-corrected chi connectivity index (χ0v) is 10.7. The van der Waals surface area contributed by atoms with Crippen LogP contribution in [0.5, 0.6) is 0 Å². The lowest BCUT2D eigenvalue weighted by atomic mass is 10.2. The van der Waals surface area contributed by atoms with Gasteiger partial charge in [0.25, 0.3) is 0 Å². The maximum Gasteiger partial charge on any atom is 0.332 e. The van der Waals surface area contributed by atoms with Crippen LogP contribution in [0.2, 0.25) is 0 Å². The maximum atomic E-state index is 11.4. The lowest BCUT2D eigenvalue weighted by Crippen LogP contribution is -2.33. The molecule has 1 aliphatic rings. The fraction of sp³-hybridized carbons (Fsp3) is 0.833. The number of hydrogen-bond acceptors (Lipinski definition) is 4. The summed E-state index contributed by atoms with van der Waals surface area (Å²) in [6.45, 7) is 3.47. The van der Waals surface area contributed by atoms with Crippen LogP contribution in [0.3, 0.4) is 0 Å². The summed E-state index contributed by atoms with van der Waals surface area (Å²) in [5.74, 6) is -1.02. The zero-order chi connectivity index (χ0) is 13.4. The highest BCUT2D eigenvalue weighted by atomic mass is 16.5. The predicted octanol–water partition coefficient (Wildman–Crippen LogP) is 0.551. The molecule has 0 aromatic carbocycles. The summed E-state index contributed by atoms with van der Waals surface area (Å²) >= 11 is 0. The van der Waals surface area contributed by atoms with E-state index >= 15 is 0 Å². The molecule has 1 amide bonds. The second-order valence-electron chi connectivity index (χ2n) is 4.33. The van der Waals surface area contributed by atoms with Crippen molar-refractivity contribution in [3.8, 4) is 0 Å². The summed E-state index contributed by atoms with van der Waals surface area (Å²) in [5, 5.41) is 11.5. The third kappa shape index (κ3) is 5.46. The van der Waals surface area contributed by atoms with Crippen LogP contribution >= 0.6 is 0 Å². The third-order valence-corrected chi connectivity index (χ3v) is 2.73. The summed E-state index contributed by atoms with van der Waals surface area (Å²) in [6.07, 6.45) is 1.54. The van der Waals surface area contributed by atoms with E-state index in [0.29, 0.717) is 39.0 Å². The van der Waals surface area contributed by atoms with E-state index in [9.17, 15) is 9.59 Å². The van der Waals surface area contributed by atoms with E-state index in [4.69, 9.17) is 14.6 Å². The van der Waals surface area contributed by atoms with E-state index in [0.717, 1.165) is 6.42 Å². The SMILES string of the molecule is CCCOCCC(=O)NCC1CCC(C(=O)O)O1. The molecule has 0 aromatic rings. The highest BCUT2D eigenvalue weighted by Gasteiger charge is 2.30.